The van der Waals surface area contributed by atoms with Gasteiger partial charge in [-0.1, -0.05) is 18.2 Å². The summed E-state index contributed by atoms with van der Waals surface area (Å²) in [5.41, 5.74) is 3.59. The minimum atomic E-state index is -1.13. The molecular formula is C26H24N2O6. The van der Waals surface area contributed by atoms with Crippen LogP contribution in [0.2, 0.25) is 0 Å². The third-order valence-electron chi connectivity index (χ3n) is 6.30. The summed E-state index contributed by atoms with van der Waals surface area (Å²) in [6, 6.07) is 11.6. The molecule has 1 atom stereocenters. The summed E-state index contributed by atoms with van der Waals surface area (Å²) < 4.78 is 11.1. The van der Waals surface area contributed by atoms with Crippen molar-refractivity contribution in [1.29, 1.82) is 0 Å². The fourth-order valence-electron chi connectivity index (χ4n) is 4.62. The number of hydrogen-bond donors (Lipinski definition) is 3. The summed E-state index contributed by atoms with van der Waals surface area (Å²) in [6.07, 6.45) is 5.48. The zero-order chi connectivity index (χ0) is 23.7. The fourth-order valence-corrected chi connectivity index (χ4v) is 4.62. The number of carboxylic acid groups (broad SMARTS) is 1. The highest BCUT2D eigenvalue weighted by Gasteiger charge is 2.22. The van der Waals surface area contributed by atoms with Crippen LogP contribution in [0.1, 0.15) is 29.5 Å². The van der Waals surface area contributed by atoms with Gasteiger partial charge in [-0.05, 0) is 55.0 Å². The predicted molar refractivity (Wildman–Crippen MR) is 126 cm³/mol. The van der Waals surface area contributed by atoms with Crippen LogP contribution in [0.4, 0.5) is 0 Å². The van der Waals surface area contributed by atoms with Gasteiger partial charge in [0, 0.05) is 40.5 Å². The molecule has 3 N–H and O–H groups in total. The quantitative estimate of drug-likeness (QED) is 0.364. The van der Waals surface area contributed by atoms with Gasteiger partial charge in [-0.15, -0.1) is 0 Å². The molecule has 34 heavy (non-hydrogen) atoms. The molecule has 0 spiro atoms. The molecule has 0 saturated heterocycles. The maximum absolute atomic E-state index is 12.5. The number of carboxylic acids is 1. The van der Waals surface area contributed by atoms with E-state index in [-0.39, 0.29) is 18.7 Å². The first-order valence-electron chi connectivity index (χ1n) is 11.3. The van der Waals surface area contributed by atoms with Gasteiger partial charge in [0.2, 0.25) is 0 Å². The van der Waals surface area contributed by atoms with Crippen LogP contribution >= 0.6 is 0 Å². The van der Waals surface area contributed by atoms with Gasteiger partial charge in [-0.2, -0.15) is 0 Å². The first-order chi connectivity index (χ1) is 16.5. The van der Waals surface area contributed by atoms with Crippen molar-refractivity contribution in [1.82, 2.24) is 10.3 Å². The van der Waals surface area contributed by atoms with E-state index < -0.39 is 17.9 Å². The lowest BCUT2D eigenvalue weighted by molar-refractivity contribution is -0.142. The van der Waals surface area contributed by atoms with Crippen LogP contribution in [0.15, 0.2) is 57.9 Å². The summed E-state index contributed by atoms with van der Waals surface area (Å²) in [5, 5.41) is 13.9. The van der Waals surface area contributed by atoms with E-state index in [1.54, 1.807) is 18.3 Å². The Kier molecular flexibility index (Phi) is 5.79. The number of benzene rings is 2. The van der Waals surface area contributed by atoms with E-state index in [1.165, 1.54) is 0 Å². The molecule has 0 unspecified atom stereocenters. The van der Waals surface area contributed by atoms with Gasteiger partial charge in [0.15, 0.2) is 6.61 Å². The van der Waals surface area contributed by atoms with Crippen molar-refractivity contribution in [3.63, 3.8) is 0 Å². The largest absolute Gasteiger partial charge is 0.484 e. The lowest BCUT2D eigenvalue weighted by Gasteiger charge is -2.17. The van der Waals surface area contributed by atoms with Gasteiger partial charge in [-0.3, -0.25) is 4.79 Å². The maximum atomic E-state index is 12.5. The Bertz CT molecular complexity index is 1450. The van der Waals surface area contributed by atoms with Crippen LogP contribution in [0.3, 0.4) is 0 Å². The SMILES string of the molecule is O=C(COc1ccc2c3c(c(=O)oc2c1)CCCC3)N[C@H](Cc1c[nH]c2ccccc12)C(=O)O. The number of para-hydroxylation sites is 1. The van der Waals surface area contributed by atoms with Crippen molar-refractivity contribution in [2.75, 3.05) is 6.61 Å². The molecule has 0 fully saturated rings. The molecule has 1 aliphatic carbocycles. The van der Waals surface area contributed by atoms with E-state index >= 15 is 0 Å². The molecule has 8 heteroatoms. The second-order valence-corrected chi connectivity index (χ2v) is 8.52. The van der Waals surface area contributed by atoms with Gasteiger partial charge in [0.05, 0.1) is 0 Å². The van der Waals surface area contributed by atoms with Crippen LogP contribution in [-0.2, 0) is 28.9 Å². The summed E-state index contributed by atoms with van der Waals surface area (Å²) in [6.45, 7) is -0.363. The molecule has 1 aliphatic rings. The van der Waals surface area contributed by atoms with E-state index in [2.05, 4.69) is 10.3 Å². The van der Waals surface area contributed by atoms with Gasteiger partial charge in [0.1, 0.15) is 17.4 Å². The van der Waals surface area contributed by atoms with Gasteiger partial charge in [0.25, 0.3) is 5.91 Å². The lowest BCUT2D eigenvalue weighted by Crippen LogP contribution is -2.44. The number of nitrogens with one attached hydrogen (secondary N) is 2. The Morgan fingerprint density at radius 2 is 1.88 bits per heavy atom. The van der Waals surface area contributed by atoms with Crippen LogP contribution in [0.25, 0.3) is 21.9 Å². The van der Waals surface area contributed by atoms with Crippen molar-refractivity contribution in [3.8, 4) is 5.75 Å². The van der Waals surface area contributed by atoms with Crippen LogP contribution in [0, 0.1) is 0 Å². The number of aromatic nitrogens is 1. The highest BCUT2D eigenvalue weighted by atomic mass is 16.5. The van der Waals surface area contributed by atoms with Crippen LogP contribution < -0.4 is 15.7 Å². The predicted octanol–water partition coefficient (Wildman–Crippen LogP) is 3.34. The summed E-state index contributed by atoms with van der Waals surface area (Å²) in [4.78, 5) is 39.6. The molecular weight excluding hydrogens is 436 g/mol. The van der Waals surface area contributed by atoms with E-state index in [9.17, 15) is 19.5 Å². The molecule has 2 aromatic heterocycles. The van der Waals surface area contributed by atoms with Gasteiger partial charge < -0.3 is 24.6 Å². The zero-order valence-corrected chi connectivity index (χ0v) is 18.4. The number of carbonyl (C=O) groups excluding carboxylic acids is 1. The number of fused-ring (bicyclic) bond motifs is 4. The molecule has 0 bridgehead atoms. The van der Waals surface area contributed by atoms with Crippen molar-refractivity contribution >= 4 is 33.7 Å². The van der Waals surface area contributed by atoms with E-state index in [0.717, 1.165) is 58.7 Å². The summed E-state index contributed by atoms with van der Waals surface area (Å²) >= 11 is 0. The van der Waals surface area contributed by atoms with E-state index in [1.807, 2.05) is 30.3 Å². The Morgan fingerprint density at radius 1 is 1.09 bits per heavy atom. The number of carbonyl (C=O) groups is 2. The van der Waals surface area contributed by atoms with Crippen LogP contribution in [0.5, 0.6) is 5.75 Å². The van der Waals surface area contributed by atoms with Gasteiger partial charge >= 0.3 is 11.6 Å². The molecule has 2 aromatic carbocycles. The van der Waals surface area contributed by atoms with Gasteiger partial charge in [-0.25, -0.2) is 9.59 Å². The second-order valence-electron chi connectivity index (χ2n) is 8.52. The van der Waals surface area contributed by atoms with Crippen molar-refractivity contribution in [3.05, 3.63) is 75.8 Å². The number of ether oxygens (including phenoxy) is 1. The minimum Gasteiger partial charge on any atom is -0.484 e. The molecule has 8 nitrogen and oxygen atoms in total. The normalized spacial score (nSPS) is 14.0. The van der Waals surface area contributed by atoms with Crippen molar-refractivity contribution in [2.45, 2.75) is 38.1 Å². The van der Waals surface area contributed by atoms with Crippen molar-refractivity contribution in [2.24, 2.45) is 0 Å². The molecule has 174 valence electrons. The third-order valence-corrected chi connectivity index (χ3v) is 6.30. The second kappa shape index (κ2) is 9.05. The van der Waals surface area contributed by atoms with E-state index in [0.29, 0.717) is 11.3 Å². The number of rotatable bonds is 7. The third kappa shape index (κ3) is 4.26. The number of hydrogen-bond acceptors (Lipinski definition) is 5. The molecule has 2 heterocycles. The molecule has 5 rings (SSSR count). The Morgan fingerprint density at radius 3 is 2.71 bits per heavy atom. The minimum absolute atomic E-state index is 0.136. The Hall–Kier alpha value is -4.07. The number of H-pyrrole nitrogens is 1. The Labute approximate surface area is 194 Å². The first kappa shape index (κ1) is 21.8. The molecule has 4 aromatic rings. The monoisotopic (exact) mass is 460 g/mol. The summed E-state index contributed by atoms with van der Waals surface area (Å²) in [7, 11) is 0. The average Bonchev–Trinajstić information content (AvgIpc) is 3.25. The molecule has 0 radical (unpaired) electrons. The Balaban J connectivity index is 1.26. The fraction of sp³-hybridized carbons (Fsp3) is 0.269. The number of aliphatic carboxylic acids is 1. The first-order valence-corrected chi connectivity index (χ1v) is 11.3. The topological polar surface area (TPSA) is 122 Å². The lowest BCUT2D eigenvalue weighted by atomic mass is 9.91. The van der Waals surface area contributed by atoms with Crippen molar-refractivity contribution < 1.29 is 23.8 Å². The standard InChI is InChI=1S/C26H24N2O6/c29-24(28-22(25(30)31)11-15-13-27-21-8-4-3-5-17(15)21)14-33-16-9-10-19-18-6-1-2-7-20(18)26(32)34-23(19)12-16/h3-5,8-10,12-13,22,27H,1-2,6-7,11,14H2,(H,28,29)(H,30,31)/t22-/m1/s1. The number of amides is 1. The summed E-state index contributed by atoms with van der Waals surface area (Å²) in [5.74, 6) is -1.32. The van der Waals surface area contributed by atoms with Crippen LogP contribution in [-0.4, -0.2) is 34.6 Å². The number of aromatic amines is 1. The van der Waals surface area contributed by atoms with E-state index in [4.69, 9.17) is 9.15 Å². The number of aryl methyl sites for hydroxylation is 1. The highest BCUT2D eigenvalue weighted by molar-refractivity contribution is 5.87. The average molecular weight is 460 g/mol. The maximum Gasteiger partial charge on any atom is 0.339 e. The molecule has 0 aliphatic heterocycles. The smallest absolute Gasteiger partial charge is 0.339 e. The molecule has 0 saturated carbocycles. The highest BCUT2D eigenvalue weighted by Crippen LogP contribution is 2.29. The zero-order valence-electron chi connectivity index (χ0n) is 18.4. The molecule has 1 amide bonds.